The largest absolute Gasteiger partial charge is 0.459 e. The first-order valence-corrected chi connectivity index (χ1v) is 10.1. The molecule has 1 atom stereocenters. The number of furan rings is 1. The molecule has 2 aromatic heterocycles. The topological polar surface area (TPSA) is 85.0 Å². The number of aromatic nitrogens is 3. The number of amides is 1. The Morgan fingerprint density at radius 1 is 1.06 bits per heavy atom. The zero-order valence-corrected chi connectivity index (χ0v) is 17.4. The van der Waals surface area contributed by atoms with Gasteiger partial charge in [-0.1, -0.05) is 53.5 Å². The molecule has 3 heterocycles. The van der Waals surface area contributed by atoms with Gasteiger partial charge in [0.15, 0.2) is 5.76 Å². The number of carbonyl (C=O) groups is 1. The van der Waals surface area contributed by atoms with Gasteiger partial charge in [0.25, 0.3) is 11.9 Å². The van der Waals surface area contributed by atoms with E-state index in [4.69, 9.17) is 27.6 Å². The molecule has 7 nitrogen and oxygen atoms in total. The summed E-state index contributed by atoms with van der Waals surface area (Å²) < 4.78 is 6.81. The van der Waals surface area contributed by atoms with E-state index in [1.807, 2.05) is 54.6 Å². The summed E-state index contributed by atoms with van der Waals surface area (Å²) in [7, 11) is 0. The second-order valence-electron chi connectivity index (χ2n) is 6.81. The summed E-state index contributed by atoms with van der Waals surface area (Å²) in [6, 6.07) is 17.9. The Balaban J connectivity index is 1.55. The molecule has 4 aromatic rings. The fourth-order valence-corrected chi connectivity index (χ4v) is 3.72. The quantitative estimate of drug-likeness (QED) is 0.428. The molecule has 0 fully saturated rings. The van der Waals surface area contributed by atoms with Gasteiger partial charge in [-0.25, -0.2) is 4.68 Å². The Hall–Kier alpha value is -3.55. The lowest BCUT2D eigenvalue weighted by Crippen LogP contribution is -2.20. The van der Waals surface area contributed by atoms with Gasteiger partial charge in [0.2, 0.25) is 5.95 Å². The molecule has 0 spiro atoms. The minimum absolute atomic E-state index is 0.145. The highest BCUT2D eigenvalue weighted by Crippen LogP contribution is 2.36. The normalized spacial score (nSPS) is 15.0. The molecule has 0 bridgehead atoms. The van der Waals surface area contributed by atoms with Gasteiger partial charge < -0.3 is 9.73 Å². The van der Waals surface area contributed by atoms with E-state index in [1.54, 1.807) is 16.8 Å². The van der Waals surface area contributed by atoms with E-state index in [0.29, 0.717) is 16.0 Å². The predicted molar refractivity (Wildman–Crippen MR) is 119 cm³/mol. The van der Waals surface area contributed by atoms with E-state index in [9.17, 15) is 4.79 Å². The Morgan fingerprint density at radius 3 is 2.61 bits per heavy atom. The summed E-state index contributed by atoms with van der Waals surface area (Å²) in [6.45, 7) is 0. The average molecular weight is 452 g/mol. The molecule has 1 amide bonds. The molecule has 0 unspecified atom stereocenters. The Labute approximate surface area is 187 Å². The lowest BCUT2D eigenvalue weighted by atomic mass is 10.0. The molecule has 0 aliphatic carbocycles. The van der Waals surface area contributed by atoms with Crippen molar-refractivity contribution in [1.82, 2.24) is 14.8 Å². The lowest BCUT2D eigenvalue weighted by molar-refractivity contribution is 0.0996. The monoisotopic (exact) mass is 451 g/mol. The highest BCUT2D eigenvalue weighted by molar-refractivity contribution is 6.31. The minimum Gasteiger partial charge on any atom is -0.459 e. The maximum Gasteiger partial charge on any atom is 0.293 e. The van der Waals surface area contributed by atoms with Gasteiger partial charge in [0.1, 0.15) is 6.04 Å². The SMILES string of the molecule is O=C(Nc1nc2n(n1)[C@@H](c1ccccc1Cl)C=C(c1ccc(Cl)cc1)N2)c1ccco1. The van der Waals surface area contributed by atoms with Gasteiger partial charge >= 0.3 is 0 Å². The van der Waals surface area contributed by atoms with E-state index >= 15 is 0 Å². The molecule has 1 aliphatic rings. The third kappa shape index (κ3) is 3.81. The first kappa shape index (κ1) is 19.4. The number of anilines is 2. The van der Waals surface area contributed by atoms with Crippen LogP contribution in [-0.2, 0) is 0 Å². The number of hydrogen-bond acceptors (Lipinski definition) is 5. The molecule has 0 saturated heterocycles. The highest BCUT2D eigenvalue weighted by Gasteiger charge is 2.27. The maximum atomic E-state index is 12.4. The number of nitrogens with zero attached hydrogens (tertiary/aromatic N) is 3. The second-order valence-corrected chi connectivity index (χ2v) is 7.66. The number of carbonyl (C=O) groups excluding carboxylic acids is 1. The highest BCUT2D eigenvalue weighted by atomic mass is 35.5. The number of rotatable bonds is 4. The molecule has 31 heavy (non-hydrogen) atoms. The van der Waals surface area contributed by atoms with Crippen molar-refractivity contribution in [2.75, 3.05) is 10.6 Å². The van der Waals surface area contributed by atoms with Crippen LogP contribution in [0, 0.1) is 0 Å². The number of halogens is 2. The third-order valence-electron chi connectivity index (χ3n) is 4.82. The Morgan fingerprint density at radius 2 is 1.87 bits per heavy atom. The summed E-state index contributed by atoms with van der Waals surface area (Å²) >= 11 is 12.5. The van der Waals surface area contributed by atoms with Crippen molar-refractivity contribution in [1.29, 1.82) is 0 Å². The van der Waals surface area contributed by atoms with Crippen LogP contribution in [0.4, 0.5) is 11.9 Å². The van der Waals surface area contributed by atoms with E-state index < -0.39 is 5.91 Å². The average Bonchev–Trinajstić information content (AvgIpc) is 3.44. The van der Waals surface area contributed by atoms with Crippen LogP contribution in [0.2, 0.25) is 10.0 Å². The number of hydrogen-bond donors (Lipinski definition) is 2. The van der Waals surface area contributed by atoms with Crippen molar-refractivity contribution in [3.05, 3.63) is 99.9 Å². The van der Waals surface area contributed by atoms with E-state index in [1.165, 1.54) is 6.26 Å². The van der Waals surface area contributed by atoms with Gasteiger partial charge in [-0.2, -0.15) is 4.98 Å². The molecule has 0 saturated carbocycles. The molecule has 5 rings (SSSR count). The lowest BCUT2D eigenvalue weighted by Gasteiger charge is -2.24. The number of allylic oxidation sites excluding steroid dienone is 1. The molecular formula is C22H15Cl2N5O2. The first-order valence-electron chi connectivity index (χ1n) is 9.39. The molecule has 154 valence electrons. The van der Waals surface area contributed by atoms with E-state index in [-0.39, 0.29) is 17.8 Å². The van der Waals surface area contributed by atoms with Crippen molar-refractivity contribution in [3.63, 3.8) is 0 Å². The maximum absolute atomic E-state index is 12.4. The van der Waals surface area contributed by atoms with E-state index in [0.717, 1.165) is 16.8 Å². The van der Waals surface area contributed by atoms with Gasteiger partial charge in [0.05, 0.1) is 6.26 Å². The number of benzene rings is 2. The van der Waals surface area contributed by atoms with Crippen LogP contribution in [0.25, 0.3) is 5.70 Å². The summed E-state index contributed by atoms with van der Waals surface area (Å²) in [5.74, 6) is 0.343. The molecule has 2 aromatic carbocycles. The fourth-order valence-electron chi connectivity index (χ4n) is 3.35. The standard InChI is InChI=1S/C22H15Cl2N5O2/c23-14-9-7-13(8-10-14)17-12-18(15-4-1-2-5-16(15)24)29-22(25-17)27-21(28-29)26-20(30)19-6-3-11-31-19/h1-12,18H,(H2,25,26,27,28,30)/t18-/m1/s1. The van der Waals surface area contributed by atoms with Crippen LogP contribution in [0.1, 0.15) is 27.7 Å². The fraction of sp³-hybridized carbons (Fsp3) is 0.0455. The van der Waals surface area contributed by atoms with Crippen LogP contribution in [0.15, 0.2) is 77.4 Å². The van der Waals surface area contributed by atoms with Crippen molar-refractivity contribution in [2.45, 2.75) is 6.04 Å². The van der Waals surface area contributed by atoms with Crippen LogP contribution < -0.4 is 10.6 Å². The Kier molecular flexibility index (Phi) is 4.97. The summed E-state index contributed by atoms with van der Waals surface area (Å²) in [5.41, 5.74) is 2.61. The molecular weight excluding hydrogens is 437 g/mol. The smallest absolute Gasteiger partial charge is 0.293 e. The second kappa shape index (κ2) is 7.94. The Bertz CT molecular complexity index is 1280. The number of fused-ring (bicyclic) bond motifs is 1. The summed E-state index contributed by atoms with van der Waals surface area (Å²) in [4.78, 5) is 16.8. The summed E-state index contributed by atoms with van der Waals surface area (Å²) in [5, 5.41) is 11.7. The van der Waals surface area contributed by atoms with Gasteiger partial charge in [-0.15, -0.1) is 5.10 Å². The first-order chi connectivity index (χ1) is 15.1. The van der Waals surface area contributed by atoms with Crippen LogP contribution in [0.5, 0.6) is 0 Å². The van der Waals surface area contributed by atoms with Gasteiger partial charge in [-0.05, 0) is 47.5 Å². The van der Waals surface area contributed by atoms with Crippen molar-refractivity contribution in [2.24, 2.45) is 0 Å². The molecule has 2 N–H and O–H groups in total. The van der Waals surface area contributed by atoms with Crippen LogP contribution in [0.3, 0.4) is 0 Å². The van der Waals surface area contributed by atoms with Crippen molar-refractivity contribution in [3.8, 4) is 0 Å². The van der Waals surface area contributed by atoms with Gasteiger partial charge in [0, 0.05) is 15.7 Å². The summed E-state index contributed by atoms with van der Waals surface area (Å²) in [6.07, 6.45) is 3.43. The molecule has 0 radical (unpaired) electrons. The van der Waals surface area contributed by atoms with Crippen molar-refractivity contribution >= 4 is 46.7 Å². The van der Waals surface area contributed by atoms with Crippen LogP contribution in [-0.4, -0.2) is 20.7 Å². The van der Waals surface area contributed by atoms with Crippen LogP contribution >= 0.6 is 23.2 Å². The van der Waals surface area contributed by atoms with E-state index in [2.05, 4.69) is 20.7 Å². The predicted octanol–water partition coefficient (Wildman–Crippen LogP) is 5.49. The molecule has 1 aliphatic heterocycles. The zero-order chi connectivity index (χ0) is 21.4. The third-order valence-corrected chi connectivity index (χ3v) is 5.41. The zero-order valence-electron chi connectivity index (χ0n) is 15.9. The molecule has 9 heteroatoms. The minimum atomic E-state index is -0.437. The number of nitrogens with one attached hydrogen (secondary N) is 2. The van der Waals surface area contributed by atoms with Gasteiger partial charge in [-0.3, -0.25) is 10.1 Å². The van der Waals surface area contributed by atoms with Crippen molar-refractivity contribution < 1.29 is 9.21 Å².